The normalized spacial score (nSPS) is 18.2. The molecule has 0 saturated heterocycles. The predicted octanol–water partition coefficient (Wildman–Crippen LogP) is 3.69. The number of anilines is 2. The highest BCUT2D eigenvalue weighted by Gasteiger charge is 2.34. The first-order valence-corrected chi connectivity index (χ1v) is 9.64. The number of aryl methyl sites for hydroxylation is 1. The molecule has 4 rings (SSSR count). The van der Waals surface area contributed by atoms with Crippen LogP contribution in [0.25, 0.3) is 0 Å². The second kappa shape index (κ2) is 6.02. The van der Waals surface area contributed by atoms with E-state index in [-0.39, 0.29) is 11.4 Å². The fraction of sp³-hybridized carbons (Fsp3) is 0.474. The Hall–Kier alpha value is -2.08. The maximum Gasteiger partial charge on any atom is 0.263 e. The molecule has 0 saturated carbocycles. The second-order valence-corrected chi connectivity index (χ2v) is 8.32. The first kappa shape index (κ1) is 16.4. The molecule has 25 heavy (non-hydrogen) atoms. The third-order valence-corrected chi connectivity index (χ3v) is 5.73. The summed E-state index contributed by atoms with van der Waals surface area (Å²) in [5, 5.41) is 3.94. The SMILES string of the molecule is CCCc1ccc2c(c1)OCCN2c1nc2c(s1)C(=O)NC(C)(C)C2. The summed E-state index contributed by atoms with van der Waals surface area (Å²) in [6, 6.07) is 6.41. The van der Waals surface area contributed by atoms with E-state index in [1.807, 2.05) is 13.8 Å². The van der Waals surface area contributed by atoms with Crippen LogP contribution in [-0.2, 0) is 12.8 Å². The van der Waals surface area contributed by atoms with Gasteiger partial charge in [-0.3, -0.25) is 4.79 Å². The lowest BCUT2D eigenvalue weighted by atomic mass is 9.94. The number of nitrogens with one attached hydrogen (secondary N) is 1. The lowest BCUT2D eigenvalue weighted by Crippen LogP contribution is -2.48. The highest BCUT2D eigenvalue weighted by atomic mass is 32.1. The minimum Gasteiger partial charge on any atom is -0.490 e. The third kappa shape index (κ3) is 2.99. The van der Waals surface area contributed by atoms with Gasteiger partial charge in [-0.1, -0.05) is 30.7 Å². The summed E-state index contributed by atoms with van der Waals surface area (Å²) >= 11 is 1.48. The number of amides is 1. The van der Waals surface area contributed by atoms with Crippen LogP contribution in [0.2, 0.25) is 0 Å². The molecule has 0 radical (unpaired) electrons. The molecule has 6 heteroatoms. The Morgan fingerprint density at radius 1 is 1.40 bits per heavy atom. The van der Waals surface area contributed by atoms with Gasteiger partial charge in [0.2, 0.25) is 0 Å². The molecule has 5 nitrogen and oxygen atoms in total. The van der Waals surface area contributed by atoms with Gasteiger partial charge in [0.05, 0.1) is 17.9 Å². The summed E-state index contributed by atoms with van der Waals surface area (Å²) in [6.45, 7) is 7.62. The molecule has 0 bridgehead atoms. The third-order valence-electron chi connectivity index (χ3n) is 4.61. The van der Waals surface area contributed by atoms with Gasteiger partial charge in [-0.2, -0.15) is 0 Å². The van der Waals surface area contributed by atoms with Crippen LogP contribution < -0.4 is 15.0 Å². The fourth-order valence-electron chi connectivity index (χ4n) is 3.49. The zero-order valence-electron chi connectivity index (χ0n) is 14.9. The second-order valence-electron chi connectivity index (χ2n) is 7.34. The molecule has 2 aliphatic heterocycles. The van der Waals surface area contributed by atoms with Crippen LogP contribution in [0, 0.1) is 0 Å². The van der Waals surface area contributed by atoms with Crippen molar-refractivity contribution in [3.63, 3.8) is 0 Å². The maximum atomic E-state index is 12.4. The predicted molar refractivity (Wildman–Crippen MR) is 100 cm³/mol. The van der Waals surface area contributed by atoms with Gasteiger partial charge in [0, 0.05) is 12.0 Å². The molecule has 0 spiro atoms. The minimum atomic E-state index is -0.243. The van der Waals surface area contributed by atoms with Crippen molar-refractivity contribution in [2.45, 2.75) is 45.6 Å². The van der Waals surface area contributed by atoms with E-state index in [2.05, 4.69) is 35.3 Å². The van der Waals surface area contributed by atoms with Crippen LogP contribution in [-0.4, -0.2) is 29.6 Å². The Kier molecular flexibility index (Phi) is 3.95. The highest BCUT2D eigenvalue weighted by Crippen LogP contribution is 2.41. The Balaban J connectivity index is 1.70. The average Bonchev–Trinajstić information content (AvgIpc) is 2.97. The summed E-state index contributed by atoms with van der Waals surface area (Å²) in [6.07, 6.45) is 2.93. The molecule has 0 fully saturated rings. The van der Waals surface area contributed by atoms with Gasteiger partial charge in [-0.15, -0.1) is 0 Å². The minimum absolute atomic E-state index is 0.0122. The van der Waals surface area contributed by atoms with E-state index in [9.17, 15) is 4.79 Å². The summed E-state index contributed by atoms with van der Waals surface area (Å²) < 4.78 is 5.87. The number of nitrogens with zero attached hydrogens (tertiary/aromatic N) is 2. The van der Waals surface area contributed by atoms with Crippen LogP contribution in [0.1, 0.15) is 48.1 Å². The van der Waals surface area contributed by atoms with Gasteiger partial charge >= 0.3 is 0 Å². The molecular weight excluding hydrogens is 334 g/mol. The van der Waals surface area contributed by atoms with Crippen LogP contribution >= 0.6 is 11.3 Å². The van der Waals surface area contributed by atoms with Crippen LogP contribution in [0.15, 0.2) is 18.2 Å². The number of hydrogen-bond donors (Lipinski definition) is 1. The number of thiazole rings is 1. The molecular formula is C19H23N3O2S. The first-order valence-electron chi connectivity index (χ1n) is 8.82. The van der Waals surface area contributed by atoms with Crippen LogP contribution in [0.4, 0.5) is 10.8 Å². The molecule has 1 N–H and O–H groups in total. The van der Waals surface area contributed by atoms with Crippen molar-refractivity contribution in [3.05, 3.63) is 34.3 Å². The Morgan fingerprint density at radius 3 is 3.04 bits per heavy atom. The van der Waals surface area contributed by atoms with Crippen LogP contribution in [0.5, 0.6) is 5.75 Å². The number of fused-ring (bicyclic) bond motifs is 2. The van der Waals surface area contributed by atoms with Crippen molar-refractivity contribution in [2.75, 3.05) is 18.1 Å². The largest absolute Gasteiger partial charge is 0.490 e. The maximum absolute atomic E-state index is 12.4. The number of aromatic nitrogens is 1. The van der Waals surface area contributed by atoms with Crippen molar-refractivity contribution in [2.24, 2.45) is 0 Å². The molecule has 2 aliphatic rings. The van der Waals surface area contributed by atoms with Gasteiger partial charge in [-0.25, -0.2) is 4.98 Å². The highest BCUT2D eigenvalue weighted by molar-refractivity contribution is 7.17. The Labute approximate surface area is 152 Å². The molecule has 1 aromatic heterocycles. The number of carbonyl (C=O) groups excluding carboxylic acids is 1. The molecule has 0 atom stereocenters. The van der Waals surface area contributed by atoms with Gasteiger partial charge in [0.1, 0.15) is 17.2 Å². The summed E-state index contributed by atoms with van der Waals surface area (Å²) in [7, 11) is 0. The molecule has 1 aromatic carbocycles. The number of hydrogen-bond acceptors (Lipinski definition) is 5. The molecule has 0 aliphatic carbocycles. The van der Waals surface area contributed by atoms with Crippen molar-refractivity contribution < 1.29 is 9.53 Å². The van der Waals surface area contributed by atoms with E-state index in [0.717, 1.165) is 52.9 Å². The van der Waals surface area contributed by atoms with Crippen LogP contribution in [0.3, 0.4) is 0 Å². The van der Waals surface area contributed by atoms with Gasteiger partial charge in [0.25, 0.3) is 5.91 Å². The average molecular weight is 357 g/mol. The zero-order valence-corrected chi connectivity index (χ0v) is 15.7. The van der Waals surface area contributed by atoms with Crippen molar-refractivity contribution >= 4 is 28.1 Å². The first-order chi connectivity index (χ1) is 12.0. The van der Waals surface area contributed by atoms with Crippen molar-refractivity contribution in [1.29, 1.82) is 0 Å². The quantitative estimate of drug-likeness (QED) is 0.910. The zero-order chi connectivity index (χ0) is 17.6. The molecule has 0 unspecified atom stereocenters. The van der Waals surface area contributed by atoms with E-state index in [4.69, 9.17) is 9.72 Å². The number of carbonyl (C=O) groups is 1. The summed E-state index contributed by atoms with van der Waals surface area (Å²) in [5.74, 6) is 0.900. The number of ether oxygens (including phenoxy) is 1. The van der Waals surface area contributed by atoms with E-state index in [1.54, 1.807) is 0 Å². The smallest absolute Gasteiger partial charge is 0.263 e. The molecule has 1 amide bonds. The lowest BCUT2D eigenvalue weighted by molar-refractivity contribution is 0.0901. The van der Waals surface area contributed by atoms with Gasteiger partial charge in [-0.05, 0) is 38.0 Å². The molecule has 3 heterocycles. The van der Waals surface area contributed by atoms with Crippen molar-refractivity contribution in [3.8, 4) is 5.75 Å². The number of benzene rings is 1. The van der Waals surface area contributed by atoms with E-state index in [1.165, 1.54) is 16.9 Å². The molecule has 132 valence electrons. The van der Waals surface area contributed by atoms with E-state index >= 15 is 0 Å². The van der Waals surface area contributed by atoms with Gasteiger partial charge < -0.3 is 15.0 Å². The van der Waals surface area contributed by atoms with Gasteiger partial charge in [0.15, 0.2) is 5.13 Å². The summed E-state index contributed by atoms with van der Waals surface area (Å²) in [4.78, 5) is 20.1. The lowest BCUT2D eigenvalue weighted by Gasteiger charge is -2.29. The number of rotatable bonds is 3. The topological polar surface area (TPSA) is 54.5 Å². The van der Waals surface area contributed by atoms with E-state index in [0.29, 0.717) is 6.61 Å². The van der Waals surface area contributed by atoms with Crippen molar-refractivity contribution in [1.82, 2.24) is 10.3 Å². The standard InChI is InChI=1S/C19H23N3O2S/c1-4-5-12-6-7-14-15(10-12)24-9-8-22(14)18-20-13-11-19(2,3)21-17(23)16(13)25-18/h6-7,10H,4-5,8-9,11H2,1-3H3,(H,21,23). The monoisotopic (exact) mass is 357 g/mol. The summed E-state index contributed by atoms with van der Waals surface area (Å²) in [5.41, 5.74) is 3.00. The fourth-order valence-corrected chi connectivity index (χ4v) is 4.50. The molecule has 2 aromatic rings. The Morgan fingerprint density at radius 2 is 2.24 bits per heavy atom. The van der Waals surface area contributed by atoms with E-state index < -0.39 is 0 Å². The Bertz CT molecular complexity index is 828.